The molecule has 5 heteroatoms. The van der Waals surface area contributed by atoms with Crippen molar-refractivity contribution in [3.8, 4) is 11.6 Å². The summed E-state index contributed by atoms with van der Waals surface area (Å²) in [6.45, 7) is 2.77. The molecule has 1 amide bonds. The van der Waals surface area contributed by atoms with Gasteiger partial charge in [0.1, 0.15) is 5.75 Å². The molecule has 0 aliphatic rings. The predicted octanol–water partition coefficient (Wildman–Crippen LogP) is 2.42. The zero-order valence-corrected chi connectivity index (χ0v) is 12.1. The van der Waals surface area contributed by atoms with Crippen LogP contribution in [0.4, 0.5) is 0 Å². The second kappa shape index (κ2) is 7.28. The molecule has 0 spiro atoms. The quantitative estimate of drug-likeness (QED) is 0.886. The highest BCUT2D eigenvalue weighted by molar-refractivity contribution is 5.96. The number of rotatable bonds is 6. The van der Waals surface area contributed by atoms with E-state index in [0.717, 1.165) is 5.56 Å². The van der Waals surface area contributed by atoms with Gasteiger partial charge in [0.25, 0.3) is 5.91 Å². The molecule has 2 aromatic rings. The standard InChI is InChI=1S/C16H18N2O3/c1-3-21-16-12(7-6-10-17-16)11-18-15(19)13-8-4-5-9-14(13)20-2/h4-10H,3,11H2,1-2H3,(H,18,19). The average molecular weight is 286 g/mol. The third kappa shape index (κ3) is 3.72. The van der Waals surface area contributed by atoms with Crippen LogP contribution in [0.1, 0.15) is 22.8 Å². The molecular formula is C16H18N2O3. The summed E-state index contributed by atoms with van der Waals surface area (Å²) in [5.41, 5.74) is 1.34. The Morgan fingerprint density at radius 1 is 1.24 bits per heavy atom. The largest absolute Gasteiger partial charge is 0.496 e. The van der Waals surface area contributed by atoms with E-state index < -0.39 is 0 Å². The van der Waals surface area contributed by atoms with Crippen molar-refractivity contribution in [2.45, 2.75) is 13.5 Å². The van der Waals surface area contributed by atoms with Crippen LogP contribution in [0.3, 0.4) is 0 Å². The molecule has 0 saturated heterocycles. The molecule has 1 N–H and O–H groups in total. The van der Waals surface area contributed by atoms with E-state index in [2.05, 4.69) is 10.3 Å². The van der Waals surface area contributed by atoms with Crippen LogP contribution in [0.5, 0.6) is 11.6 Å². The van der Waals surface area contributed by atoms with Gasteiger partial charge in [-0.05, 0) is 25.1 Å². The Labute approximate surface area is 123 Å². The number of pyridine rings is 1. The van der Waals surface area contributed by atoms with Crippen molar-refractivity contribution < 1.29 is 14.3 Å². The maximum atomic E-state index is 12.2. The van der Waals surface area contributed by atoms with Gasteiger partial charge >= 0.3 is 0 Å². The molecule has 0 atom stereocenters. The minimum absolute atomic E-state index is 0.196. The summed E-state index contributed by atoms with van der Waals surface area (Å²) >= 11 is 0. The summed E-state index contributed by atoms with van der Waals surface area (Å²) in [6, 6.07) is 10.8. The first-order chi connectivity index (χ1) is 10.3. The number of carbonyl (C=O) groups excluding carboxylic acids is 1. The lowest BCUT2D eigenvalue weighted by Gasteiger charge is -2.11. The van der Waals surface area contributed by atoms with Gasteiger partial charge in [0.05, 0.1) is 19.3 Å². The van der Waals surface area contributed by atoms with E-state index in [1.807, 2.05) is 25.1 Å². The Kier molecular flexibility index (Phi) is 5.15. The lowest BCUT2D eigenvalue weighted by molar-refractivity contribution is 0.0947. The zero-order valence-electron chi connectivity index (χ0n) is 12.1. The molecule has 1 aromatic heterocycles. The van der Waals surface area contributed by atoms with Gasteiger partial charge in [-0.2, -0.15) is 0 Å². The highest BCUT2D eigenvalue weighted by Crippen LogP contribution is 2.18. The smallest absolute Gasteiger partial charge is 0.255 e. The van der Waals surface area contributed by atoms with Gasteiger partial charge in [-0.1, -0.05) is 18.2 Å². The summed E-state index contributed by atoms with van der Waals surface area (Å²) in [7, 11) is 1.54. The van der Waals surface area contributed by atoms with Gasteiger partial charge in [0, 0.05) is 18.3 Å². The number of aromatic nitrogens is 1. The minimum atomic E-state index is -0.196. The Hall–Kier alpha value is -2.56. The first-order valence-corrected chi connectivity index (χ1v) is 6.74. The van der Waals surface area contributed by atoms with Crippen LogP contribution in [-0.4, -0.2) is 24.6 Å². The third-order valence-corrected chi connectivity index (χ3v) is 2.92. The second-order valence-corrected chi connectivity index (χ2v) is 4.28. The Morgan fingerprint density at radius 2 is 2.05 bits per heavy atom. The van der Waals surface area contributed by atoms with E-state index >= 15 is 0 Å². The molecule has 0 aliphatic carbocycles. The van der Waals surface area contributed by atoms with Crippen LogP contribution in [0, 0.1) is 0 Å². The van der Waals surface area contributed by atoms with E-state index in [9.17, 15) is 4.79 Å². The number of hydrogen-bond acceptors (Lipinski definition) is 4. The summed E-state index contributed by atoms with van der Waals surface area (Å²) < 4.78 is 10.6. The van der Waals surface area contributed by atoms with Gasteiger partial charge < -0.3 is 14.8 Å². The Morgan fingerprint density at radius 3 is 2.81 bits per heavy atom. The number of carbonyl (C=O) groups is 1. The number of methoxy groups -OCH3 is 1. The van der Waals surface area contributed by atoms with Crippen molar-refractivity contribution in [3.63, 3.8) is 0 Å². The Bertz CT molecular complexity index is 614. The lowest BCUT2D eigenvalue weighted by atomic mass is 10.2. The maximum absolute atomic E-state index is 12.2. The second-order valence-electron chi connectivity index (χ2n) is 4.28. The Balaban J connectivity index is 2.08. The van der Waals surface area contributed by atoms with E-state index in [-0.39, 0.29) is 5.91 Å². The summed E-state index contributed by atoms with van der Waals surface area (Å²) in [5, 5.41) is 2.85. The number of nitrogens with one attached hydrogen (secondary N) is 1. The number of para-hydroxylation sites is 1. The molecule has 0 bridgehead atoms. The molecule has 2 rings (SSSR count). The fourth-order valence-electron chi connectivity index (χ4n) is 1.93. The molecule has 110 valence electrons. The van der Waals surface area contributed by atoms with Gasteiger partial charge in [0.15, 0.2) is 0 Å². The molecule has 0 aliphatic heterocycles. The van der Waals surface area contributed by atoms with Crippen LogP contribution < -0.4 is 14.8 Å². The first-order valence-electron chi connectivity index (χ1n) is 6.74. The highest BCUT2D eigenvalue weighted by Gasteiger charge is 2.12. The van der Waals surface area contributed by atoms with Crippen molar-refractivity contribution in [2.24, 2.45) is 0 Å². The summed E-state index contributed by atoms with van der Waals surface area (Å²) in [4.78, 5) is 16.4. The molecule has 5 nitrogen and oxygen atoms in total. The lowest BCUT2D eigenvalue weighted by Crippen LogP contribution is -2.23. The van der Waals surface area contributed by atoms with Crippen LogP contribution in [0.2, 0.25) is 0 Å². The van der Waals surface area contributed by atoms with E-state index in [1.165, 1.54) is 0 Å². The third-order valence-electron chi connectivity index (χ3n) is 2.92. The highest BCUT2D eigenvalue weighted by atomic mass is 16.5. The average Bonchev–Trinajstić information content (AvgIpc) is 2.54. The monoisotopic (exact) mass is 286 g/mol. The molecule has 1 aromatic carbocycles. The molecule has 0 unspecified atom stereocenters. The van der Waals surface area contributed by atoms with Crippen molar-refractivity contribution in [1.82, 2.24) is 10.3 Å². The molecule has 0 saturated carbocycles. The fraction of sp³-hybridized carbons (Fsp3) is 0.250. The first kappa shape index (κ1) is 14.8. The summed E-state index contributed by atoms with van der Waals surface area (Å²) in [6.07, 6.45) is 1.66. The number of ether oxygens (including phenoxy) is 2. The molecule has 21 heavy (non-hydrogen) atoms. The van der Waals surface area contributed by atoms with Crippen molar-refractivity contribution >= 4 is 5.91 Å². The van der Waals surface area contributed by atoms with E-state index in [4.69, 9.17) is 9.47 Å². The molecular weight excluding hydrogens is 268 g/mol. The van der Waals surface area contributed by atoms with E-state index in [1.54, 1.807) is 31.5 Å². The number of nitrogens with zero attached hydrogens (tertiary/aromatic N) is 1. The van der Waals surface area contributed by atoms with Crippen LogP contribution >= 0.6 is 0 Å². The molecule has 0 radical (unpaired) electrons. The van der Waals surface area contributed by atoms with Crippen molar-refractivity contribution in [3.05, 3.63) is 53.7 Å². The number of amides is 1. The number of hydrogen-bond donors (Lipinski definition) is 1. The zero-order chi connectivity index (χ0) is 15.1. The molecule has 0 fully saturated rings. The van der Waals surface area contributed by atoms with Crippen LogP contribution in [-0.2, 0) is 6.54 Å². The van der Waals surface area contributed by atoms with Crippen LogP contribution in [0.15, 0.2) is 42.6 Å². The van der Waals surface area contributed by atoms with Gasteiger partial charge in [-0.3, -0.25) is 4.79 Å². The normalized spacial score (nSPS) is 10.0. The minimum Gasteiger partial charge on any atom is -0.496 e. The number of benzene rings is 1. The van der Waals surface area contributed by atoms with E-state index in [0.29, 0.717) is 30.3 Å². The van der Waals surface area contributed by atoms with Crippen LogP contribution in [0.25, 0.3) is 0 Å². The maximum Gasteiger partial charge on any atom is 0.255 e. The van der Waals surface area contributed by atoms with Gasteiger partial charge in [0.2, 0.25) is 5.88 Å². The SMILES string of the molecule is CCOc1ncccc1CNC(=O)c1ccccc1OC. The van der Waals surface area contributed by atoms with Crippen molar-refractivity contribution in [1.29, 1.82) is 0 Å². The van der Waals surface area contributed by atoms with Gasteiger partial charge in [-0.15, -0.1) is 0 Å². The molecule has 1 heterocycles. The van der Waals surface area contributed by atoms with Gasteiger partial charge in [-0.25, -0.2) is 4.98 Å². The van der Waals surface area contributed by atoms with Crippen molar-refractivity contribution in [2.75, 3.05) is 13.7 Å². The predicted molar refractivity (Wildman–Crippen MR) is 79.6 cm³/mol. The topological polar surface area (TPSA) is 60.5 Å². The summed E-state index contributed by atoms with van der Waals surface area (Å²) in [5.74, 6) is 0.894. The fourth-order valence-corrected chi connectivity index (χ4v) is 1.93.